The first-order valence-corrected chi connectivity index (χ1v) is 11.3. The topological polar surface area (TPSA) is 141 Å². The van der Waals surface area contributed by atoms with Crippen molar-refractivity contribution in [3.05, 3.63) is 59.7 Å². The number of nitrogens with zero attached hydrogens (tertiary/aromatic N) is 2. The number of benzene rings is 2. The molecule has 0 bridgehead atoms. The summed E-state index contributed by atoms with van der Waals surface area (Å²) in [5.74, 6) is -0.798. The number of hydrogen-bond donors (Lipinski definition) is 3. The Hall–Kier alpha value is -4.10. The smallest absolute Gasteiger partial charge is 0.408 e. The lowest BCUT2D eigenvalue weighted by Gasteiger charge is -2.32. The molecule has 3 amide bonds. The van der Waals surface area contributed by atoms with Gasteiger partial charge in [0.15, 0.2) is 0 Å². The van der Waals surface area contributed by atoms with Crippen LogP contribution in [-0.4, -0.2) is 59.8 Å². The fraction of sp³-hybridized carbons (Fsp3) is 0.385. The molecular weight excluding hydrogens is 464 g/mol. The Morgan fingerprint density at radius 1 is 1.14 bits per heavy atom. The van der Waals surface area contributed by atoms with Gasteiger partial charge in [0, 0.05) is 5.69 Å². The van der Waals surface area contributed by atoms with E-state index in [2.05, 4.69) is 10.6 Å². The van der Waals surface area contributed by atoms with Crippen LogP contribution in [0.4, 0.5) is 10.5 Å². The van der Waals surface area contributed by atoms with Crippen molar-refractivity contribution in [1.29, 1.82) is 5.26 Å². The summed E-state index contributed by atoms with van der Waals surface area (Å²) in [5, 5.41) is 24.4. The molecule has 2 aromatic rings. The summed E-state index contributed by atoms with van der Waals surface area (Å²) < 4.78 is 10.3. The number of carbonyl (C=O) groups excluding carboxylic acids is 3. The Morgan fingerprint density at radius 3 is 2.33 bits per heavy atom. The number of rotatable bonds is 9. The third kappa shape index (κ3) is 7.99. The van der Waals surface area contributed by atoms with Crippen LogP contribution >= 0.6 is 0 Å². The molecule has 0 saturated carbocycles. The summed E-state index contributed by atoms with van der Waals surface area (Å²) in [6.07, 6.45) is -0.915. The van der Waals surface area contributed by atoms with Crippen LogP contribution in [0.3, 0.4) is 0 Å². The second-order valence-electron chi connectivity index (χ2n) is 9.04. The van der Waals surface area contributed by atoms with Crippen LogP contribution in [0.2, 0.25) is 0 Å². The summed E-state index contributed by atoms with van der Waals surface area (Å²) in [4.78, 5) is 40.2. The lowest BCUT2D eigenvalue weighted by Crippen LogP contribution is -2.54. The first-order chi connectivity index (χ1) is 17.0. The van der Waals surface area contributed by atoms with E-state index in [1.165, 1.54) is 7.11 Å². The molecule has 0 saturated heterocycles. The van der Waals surface area contributed by atoms with Gasteiger partial charge in [-0.15, -0.1) is 0 Å². The van der Waals surface area contributed by atoms with Crippen molar-refractivity contribution >= 4 is 23.6 Å². The van der Waals surface area contributed by atoms with Crippen LogP contribution in [0.5, 0.6) is 5.75 Å². The second kappa shape index (κ2) is 12.6. The molecule has 0 aliphatic carbocycles. The molecular formula is C26H32N4O6. The van der Waals surface area contributed by atoms with E-state index in [9.17, 15) is 24.8 Å². The van der Waals surface area contributed by atoms with Crippen LogP contribution in [-0.2, 0) is 14.3 Å². The number of aliphatic hydroxyl groups excluding tert-OH is 1. The van der Waals surface area contributed by atoms with Crippen molar-refractivity contribution in [2.24, 2.45) is 0 Å². The van der Waals surface area contributed by atoms with Gasteiger partial charge >= 0.3 is 6.09 Å². The lowest BCUT2D eigenvalue weighted by molar-refractivity contribution is -0.140. The molecule has 2 rings (SSSR count). The molecule has 192 valence electrons. The first kappa shape index (κ1) is 28.1. The van der Waals surface area contributed by atoms with Gasteiger partial charge in [-0.05, 0) is 57.5 Å². The number of aryl methyl sites for hydroxylation is 1. The molecule has 3 N–H and O–H groups in total. The van der Waals surface area contributed by atoms with E-state index >= 15 is 0 Å². The maximum atomic E-state index is 13.5. The number of anilines is 1. The normalized spacial score (nSPS) is 12.5. The van der Waals surface area contributed by atoms with E-state index < -0.39 is 48.7 Å². The number of alkyl carbamates (subject to hydrolysis) is 1. The van der Waals surface area contributed by atoms with Crippen LogP contribution in [0, 0.1) is 18.3 Å². The highest BCUT2D eigenvalue weighted by Gasteiger charge is 2.36. The zero-order valence-electron chi connectivity index (χ0n) is 21.1. The van der Waals surface area contributed by atoms with Gasteiger partial charge in [0.1, 0.15) is 30.0 Å². The predicted octanol–water partition coefficient (Wildman–Crippen LogP) is 2.92. The molecule has 0 aromatic heterocycles. The minimum Gasteiger partial charge on any atom is -0.497 e. The van der Waals surface area contributed by atoms with Crippen molar-refractivity contribution in [1.82, 2.24) is 10.2 Å². The van der Waals surface area contributed by atoms with E-state index in [-0.39, 0.29) is 0 Å². The molecule has 36 heavy (non-hydrogen) atoms. The van der Waals surface area contributed by atoms with Gasteiger partial charge in [0.05, 0.1) is 19.8 Å². The number of aliphatic hydroxyl groups is 1. The Morgan fingerprint density at radius 2 is 1.81 bits per heavy atom. The molecule has 10 heteroatoms. The third-order valence-corrected chi connectivity index (χ3v) is 4.97. The van der Waals surface area contributed by atoms with Crippen molar-refractivity contribution in [2.45, 2.75) is 45.4 Å². The maximum Gasteiger partial charge on any atom is 0.408 e. The number of methoxy groups -OCH3 is 1. The van der Waals surface area contributed by atoms with Crippen LogP contribution in [0.25, 0.3) is 0 Å². The van der Waals surface area contributed by atoms with Gasteiger partial charge in [-0.3, -0.25) is 9.59 Å². The quantitative estimate of drug-likeness (QED) is 0.453. The number of carbonyl (C=O) groups is 3. The SMILES string of the molecule is COc1ccc(NC(=O)C(c2cccc(C)c2)N(CC#N)C(=O)C(CO)NC(=O)OC(C)(C)C)cc1. The highest BCUT2D eigenvalue weighted by Crippen LogP contribution is 2.25. The Bertz CT molecular complexity index is 1100. The van der Waals surface area contributed by atoms with Gasteiger partial charge in [0.2, 0.25) is 5.91 Å². The molecule has 0 aliphatic heterocycles. The standard InChI is InChI=1S/C26H32N4O6/c1-17-7-6-8-18(15-17)22(23(32)28-19-9-11-20(35-5)12-10-19)30(14-13-27)24(33)21(16-31)29-25(34)36-26(2,3)4/h6-12,15,21-22,31H,14,16H2,1-5H3,(H,28,32)(H,29,34). The molecule has 0 fully saturated rings. The summed E-state index contributed by atoms with van der Waals surface area (Å²) in [6, 6.07) is 12.8. The number of amides is 3. The number of ether oxygens (including phenoxy) is 2. The minimum atomic E-state index is -1.44. The highest BCUT2D eigenvalue weighted by molar-refractivity contribution is 5.99. The predicted molar refractivity (Wildman–Crippen MR) is 133 cm³/mol. The second-order valence-corrected chi connectivity index (χ2v) is 9.04. The maximum absolute atomic E-state index is 13.5. The molecule has 0 radical (unpaired) electrons. The van der Waals surface area contributed by atoms with E-state index in [0.29, 0.717) is 17.0 Å². The number of hydrogen-bond acceptors (Lipinski definition) is 7. The summed E-state index contributed by atoms with van der Waals surface area (Å²) >= 11 is 0. The van der Waals surface area contributed by atoms with Crippen LogP contribution in [0.1, 0.15) is 37.9 Å². The van der Waals surface area contributed by atoms with Crippen molar-refractivity contribution in [2.75, 3.05) is 25.6 Å². The van der Waals surface area contributed by atoms with Crippen molar-refractivity contribution in [3.63, 3.8) is 0 Å². The van der Waals surface area contributed by atoms with Crippen molar-refractivity contribution < 1.29 is 29.0 Å². The summed E-state index contributed by atoms with van der Waals surface area (Å²) in [7, 11) is 1.52. The molecule has 10 nitrogen and oxygen atoms in total. The Labute approximate surface area is 210 Å². The van der Waals surface area contributed by atoms with E-state index in [0.717, 1.165) is 10.5 Å². The van der Waals surface area contributed by atoms with E-state index in [4.69, 9.17) is 9.47 Å². The molecule has 2 atom stereocenters. The Balaban J connectivity index is 2.42. The molecule has 0 aliphatic rings. The van der Waals surface area contributed by atoms with Gasteiger partial charge in [-0.1, -0.05) is 29.8 Å². The number of nitrogens with one attached hydrogen (secondary N) is 2. The summed E-state index contributed by atoms with van der Waals surface area (Å²) in [6.45, 7) is 5.56. The van der Waals surface area contributed by atoms with Gasteiger partial charge < -0.3 is 30.1 Å². The largest absolute Gasteiger partial charge is 0.497 e. The average Bonchev–Trinajstić information content (AvgIpc) is 2.81. The zero-order valence-corrected chi connectivity index (χ0v) is 21.1. The van der Waals surface area contributed by atoms with Gasteiger partial charge in [-0.25, -0.2) is 4.79 Å². The van der Waals surface area contributed by atoms with E-state index in [1.54, 1.807) is 63.2 Å². The first-order valence-electron chi connectivity index (χ1n) is 11.3. The average molecular weight is 497 g/mol. The van der Waals surface area contributed by atoms with Gasteiger partial charge in [-0.2, -0.15) is 5.26 Å². The van der Waals surface area contributed by atoms with E-state index in [1.807, 2.05) is 19.1 Å². The fourth-order valence-corrected chi connectivity index (χ4v) is 3.41. The number of nitriles is 1. The Kier molecular flexibility index (Phi) is 9.82. The van der Waals surface area contributed by atoms with Crippen molar-refractivity contribution in [3.8, 4) is 11.8 Å². The molecule has 2 unspecified atom stereocenters. The zero-order chi connectivity index (χ0) is 26.9. The third-order valence-electron chi connectivity index (χ3n) is 4.97. The van der Waals surface area contributed by atoms with Crippen LogP contribution < -0.4 is 15.4 Å². The monoisotopic (exact) mass is 496 g/mol. The molecule has 0 spiro atoms. The lowest BCUT2D eigenvalue weighted by atomic mass is 10.0. The molecule has 2 aromatic carbocycles. The minimum absolute atomic E-state index is 0.452. The molecule has 0 heterocycles. The van der Waals surface area contributed by atoms with Gasteiger partial charge in [0.25, 0.3) is 5.91 Å². The fourth-order valence-electron chi connectivity index (χ4n) is 3.41. The summed E-state index contributed by atoms with van der Waals surface area (Å²) in [5.41, 5.74) is 0.915. The van der Waals surface area contributed by atoms with Crippen LogP contribution in [0.15, 0.2) is 48.5 Å². The highest BCUT2D eigenvalue weighted by atomic mass is 16.6.